The summed E-state index contributed by atoms with van der Waals surface area (Å²) >= 11 is 0. The Morgan fingerprint density at radius 1 is 0.818 bits per heavy atom. The molecule has 0 fully saturated rings. The van der Waals surface area contributed by atoms with Gasteiger partial charge in [0.2, 0.25) is 0 Å². The fraction of sp³-hybridized carbons (Fsp3) is 0.474. The van der Waals surface area contributed by atoms with Crippen molar-refractivity contribution in [2.45, 2.75) is 59.8 Å². The summed E-state index contributed by atoms with van der Waals surface area (Å²) in [4.78, 5) is 0.406. The third kappa shape index (κ3) is 7.08. The van der Waals surface area contributed by atoms with Crippen LogP contribution in [-0.4, -0.2) is 14.7 Å². The second-order valence-electron chi connectivity index (χ2n) is 4.41. The monoisotopic (exact) mass is 324 g/mol. The van der Waals surface area contributed by atoms with Crippen molar-refractivity contribution < 1.29 is 8.42 Å². The van der Waals surface area contributed by atoms with Crippen LogP contribution in [0, 0.1) is 6.92 Å². The molecule has 0 spiro atoms. The predicted molar refractivity (Wildman–Crippen MR) is 100 cm³/mol. The van der Waals surface area contributed by atoms with Crippen LogP contribution in [0.4, 0.5) is 0 Å². The van der Waals surface area contributed by atoms with E-state index in [1.54, 1.807) is 12.1 Å². The highest BCUT2D eigenvalue weighted by atomic mass is 32.2. The average Bonchev–Trinajstić information content (AvgIpc) is 2.51. The van der Waals surface area contributed by atoms with Crippen LogP contribution in [0.1, 0.15) is 53.5 Å². The molecule has 0 saturated carbocycles. The van der Waals surface area contributed by atoms with Crippen molar-refractivity contribution in [3.05, 3.63) is 42.0 Å². The Hall–Kier alpha value is -1.35. The van der Waals surface area contributed by atoms with E-state index in [1.807, 2.05) is 58.9 Å². The molecule has 0 amide bonds. The van der Waals surface area contributed by atoms with Gasteiger partial charge in [-0.2, -0.15) is 0 Å². The van der Waals surface area contributed by atoms with Crippen LogP contribution >= 0.6 is 0 Å². The van der Waals surface area contributed by atoms with Crippen molar-refractivity contribution >= 4 is 20.6 Å². The molecule has 0 heterocycles. The third-order valence-electron chi connectivity index (χ3n) is 2.50. The van der Waals surface area contributed by atoms with E-state index in [9.17, 15) is 8.42 Å². The zero-order valence-electron chi connectivity index (χ0n) is 15.4. The molecule has 2 aromatic rings. The molecule has 0 aliphatic carbocycles. The number of sulfone groups is 1. The lowest BCUT2D eigenvalue weighted by Gasteiger charge is -2.06. The summed E-state index contributed by atoms with van der Waals surface area (Å²) in [5.41, 5.74) is 1.10. The fourth-order valence-corrected chi connectivity index (χ4v) is 2.66. The number of benzene rings is 2. The molecule has 0 radical (unpaired) electrons. The molecule has 2 aromatic carbocycles. The molecule has 0 aliphatic heterocycles. The van der Waals surface area contributed by atoms with Gasteiger partial charge in [-0.1, -0.05) is 78.3 Å². The number of hydrogen-bond acceptors (Lipinski definition) is 2. The topological polar surface area (TPSA) is 34.1 Å². The zero-order chi connectivity index (χ0) is 17.8. The minimum Gasteiger partial charge on any atom is -0.224 e. The summed E-state index contributed by atoms with van der Waals surface area (Å²) in [6.07, 6.45) is 2.49. The van der Waals surface area contributed by atoms with Crippen molar-refractivity contribution in [3.8, 4) is 0 Å². The quantitative estimate of drug-likeness (QED) is 0.642. The Morgan fingerprint density at radius 3 is 1.68 bits per heavy atom. The van der Waals surface area contributed by atoms with E-state index in [0.717, 1.165) is 16.3 Å². The van der Waals surface area contributed by atoms with Gasteiger partial charge in [-0.15, -0.1) is 0 Å². The van der Waals surface area contributed by atoms with E-state index < -0.39 is 9.84 Å². The molecule has 126 valence electrons. The standard InChI is InChI=1S/C12H12O2S.C3H8.2C2H6/c1-9-5-3-7-11-10(9)6-4-8-12(11)15(2,13)14;1-3-2;2*1-2/h3-8H,1-2H3;3H2,1-2H3;2*1-2H3. The van der Waals surface area contributed by atoms with Crippen molar-refractivity contribution in [2.24, 2.45) is 0 Å². The first kappa shape index (κ1) is 22.9. The van der Waals surface area contributed by atoms with Gasteiger partial charge in [-0.05, 0) is 23.9 Å². The maximum Gasteiger partial charge on any atom is 0.176 e. The Bertz CT molecular complexity index is 629. The molecule has 0 unspecified atom stereocenters. The van der Waals surface area contributed by atoms with Crippen LogP contribution in [0.2, 0.25) is 0 Å². The first-order valence-corrected chi connectivity index (χ1v) is 9.99. The summed E-state index contributed by atoms with van der Waals surface area (Å²) in [7, 11) is -3.15. The molecule has 2 rings (SSSR count). The van der Waals surface area contributed by atoms with Gasteiger partial charge in [-0.3, -0.25) is 0 Å². The summed E-state index contributed by atoms with van der Waals surface area (Å²) < 4.78 is 23.1. The molecule has 0 atom stereocenters. The molecular formula is C19H32O2S. The van der Waals surface area contributed by atoms with E-state index in [-0.39, 0.29) is 0 Å². The second kappa shape index (κ2) is 12.2. The van der Waals surface area contributed by atoms with E-state index in [4.69, 9.17) is 0 Å². The Morgan fingerprint density at radius 2 is 1.23 bits per heavy atom. The Balaban J connectivity index is 0. The molecule has 3 heteroatoms. The molecule has 0 bridgehead atoms. The van der Waals surface area contributed by atoms with Crippen LogP contribution in [0.5, 0.6) is 0 Å². The maximum absolute atomic E-state index is 11.6. The van der Waals surface area contributed by atoms with Gasteiger partial charge in [0.25, 0.3) is 0 Å². The lowest BCUT2D eigenvalue weighted by atomic mass is 10.1. The highest BCUT2D eigenvalue weighted by molar-refractivity contribution is 7.91. The van der Waals surface area contributed by atoms with Gasteiger partial charge in [0, 0.05) is 11.6 Å². The van der Waals surface area contributed by atoms with E-state index >= 15 is 0 Å². The SMILES string of the molecule is CC.CC.CCC.Cc1cccc2c(S(C)(=O)=O)cccc12. The van der Waals surface area contributed by atoms with Crippen molar-refractivity contribution in [1.29, 1.82) is 0 Å². The van der Waals surface area contributed by atoms with Crippen molar-refractivity contribution in [3.63, 3.8) is 0 Å². The third-order valence-corrected chi connectivity index (χ3v) is 3.65. The smallest absolute Gasteiger partial charge is 0.176 e. The number of hydrogen-bond donors (Lipinski definition) is 0. The largest absolute Gasteiger partial charge is 0.224 e. The Kier molecular flexibility index (Phi) is 12.7. The molecule has 0 aromatic heterocycles. The molecule has 0 aliphatic rings. The van der Waals surface area contributed by atoms with E-state index in [0.29, 0.717) is 4.90 Å². The first-order chi connectivity index (χ1) is 10.4. The van der Waals surface area contributed by atoms with Gasteiger partial charge in [0.15, 0.2) is 9.84 Å². The maximum atomic E-state index is 11.6. The number of rotatable bonds is 1. The minimum atomic E-state index is -3.15. The number of aryl methyl sites for hydroxylation is 1. The number of fused-ring (bicyclic) bond motifs is 1. The molecule has 0 saturated heterocycles. The fourth-order valence-electron chi connectivity index (χ4n) is 1.76. The van der Waals surface area contributed by atoms with Crippen LogP contribution in [0.3, 0.4) is 0 Å². The van der Waals surface area contributed by atoms with Crippen molar-refractivity contribution in [2.75, 3.05) is 6.26 Å². The zero-order valence-corrected chi connectivity index (χ0v) is 16.2. The van der Waals surface area contributed by atoms with Crippen LogP contribution in [0.25, 0.3) is 10.8 Å². The Labute approximate surface area is 137 Å². The van der Waals surface area contributed by atoms with Crippen LogP contribution in [-0.2, 0) is 9.84 Å². The minimum absolute atomic E-state index is 0.406. The van der Waals surface area contributed by atoms with Gasteiger partial charge in [-0.25, -0.2) is 8.42 Å². The van der Waals surface area contributed by atoms with Gasteiger partial charge < -0.3 is 0 Å². The molecule has 0 N–H and O–H groups in total. The average molecular weight is 325 g/mol. The molecular weight excluding hydrogens is 292 g/mol. The summed E-state index contributed by atoms with van der Waals surface area (Å²) in [6, 6.07) is 11.1. The van der Waals surface area contributed by atoms with Crippen molar-refractivity contribution in [1.82, 2.24) is 0 Å². The van der Waals surface area contributed by atoms with E-state index in [2.05, 4.69) is 13.8 Å². The second-order valence-corrected chi connectivity index (χ2v) is 6.39. The lowest BCUT2D eigenvalue weighted by Crippen LogP contribution is -1.98. The normalized spacial score (nSPS) is 9.45. The highest BCUT2D eigenvalue weighted by Crippen LogP contribution is 2.24. The summed E-state index contributed by atoms with van der Waals surface area (Å²) in [5.74, 6) is 0. The molecule has 2 nitrogen and oxygen atoms in total. The van der Waals surface area contributed by atoms with E-state index in [1.165, 1.54) is 12.7 Å². The van der Waals surface area contributed by atoms with Crippen LogP contribution in [0.15, 0.2) is 41.3 Å². The van der Waals surface area contributed by atoms with Gasteiger partial charge >= 0.3 is 0 Å². The summed E-state index contributed by atoms with van der Waals surface area (Å²) in [5, 5.41) is 1.81. The van der Waals surface area contributed by atoms with Gasteiger partial charge in [0.05, 0.1) is 4.90 Å². The predicted octanol–water partition coefficient (Wildman–Crippen LogP) is 6.02. The van der Waals surface area contributed by atoms with Gasteiger partial charge in [0.1, 0.15) is 0 Å². The lowest BCUT2D eigenvalue weighted by molar-refractivity contribution is 0.602. The highest BCUT2D eigenvalue weighted by Gasteiger charge is 2.11. The first-order valence-electron chi connectivity index (χ1n) is 8.10. The summed E-state index contributed by atoms with van der Waals surface area (Å²) in [6.45, 7) is 14.2. The molecule has 22 heavy (non-hydrogen) atoms. The van der Waals surface area contributed by atoms with Crippen LogP contribution < -0.4 is 0 Å².